The first-order valence-electron chi connectivity index (χ1n) is 7.38. The number of hydrogen-bond donors (Lipinski definition) is 1. The predicted octanol–water partition coefficient (Wildman–Crippen LogP) is 2.88. The highest BCUT2D eigenvalue weighted by Crippen LogP contribution is 2.35. The van der Waals surface area contributed by atoms with Crippen LogP contribution in [0, 0.1) is 0 Å². The third kappa shape index (κ3) is 2.26. The lowest BCUT2D eigenvalue weighted by Gasteiger charge is -2.27. The van der Waals surface area contributed by atoms with E-state index in [9.17, 15) is 0 Å². The van der Waals surface area contributed by atoms with Crippen molar-refractivity contribution >= 4 is 5.69 Å². The van der Waals surface area contributed by atoms with E-state index in [2.05, 4.69) is 30.0 Å². The standard InChI is InChI=1S/C16H24N2/c1-12(17)10-13-6-7-16-14(11-13)8-9-18(16)15-4-2-3-5-15/h6-7,11-12,15H,2-5,8-10,17H2,1H3. The molecule has 2 nitrogen and oxygen atoms in total. The topological polar surface area (TPSA) is 29.3 Å². The van der Waals surface area contributed by atoms with E-state index in [1.165, 1.54) is 49.9 Å². The van der Waals surface area contributed by atoms with Crippen molar-refractivity contribution in [2.75, 3.05) is 11.4 Å². The lowest BCUT2D eigenvalue weighted by Crippen LogP contribution is -2.31. The second kappa shape index (κ2) is 4.93. The summed E-state index contributed by atoms with van der Waals surface area (Å²) in [5.74, 6) is 0. The van der Waals surface area contributed by atoms with E-state index in [0.717, 1.165) is 12.5 Å². The Bertz CT molecular complexity index is 419. The lowest BCUT2D eigenvalue weighted by atomic mass is 10.0. The van der Waals surface area contributed by atoms with Crippen molar-refractivity contribution in [3.63, 3.8) is 0 Å². The van der Waals surface area contributed by atoms with Crippen molar-refractivity contribution in [1.29, 1.82) is 0 Å². The third-order valence-corrected chi connectivity index (χ3v) is 4.40. The number of rotatable bonds is 3. The molecule has 3 rings (SSSR count). The summed E-state index contributed by atoms with van der Waals surface area (Å²) in [6.45, 7) is 3.31. The van der Waals surface area contributed by atoms with Crippen LogP contribution in [0.3, 0.4) is 0 Å². The Kier molecular flexibility index (Phi) is 3.29. The molecule has 1 fully saturated rings. The SMILES string of the molecule is CC(N)Cc1ccc2c(c1)CCN2C1CCCC1. The van der Waals surface area contributed by atoms with Crippen LogP contribution < -0.4 is 10.6 Å². The van der Waals surface area contributed by atoms with Crippen molar-refractivity contribution in [1.82, 2.24) is 0 Å². The molecule has 1 unspecified atom stereocenters. The summed E-state index contributed by atoms with van der Waals surface area (Å²) in [4.78, 5) is 2.65. The summed E-state index contributed by atoms with van der Waals surface area (Å²) < 4.78 is 0. The summed E-state index contributed by atoms with van der Waals surface area (Å²) in [7, 11) is 0. The minimum Gasteiger partial charge on any atom is -0.368 e. The molecule has 0 spiro atoms. The number of benzene rings is 1. The molecule has 2 N–H and O–H groups in total. The quantitative estimate of drug-likeness (QED) is 0.886. The smallest absolute Gasteiger partial charge is 0.0402 e. The second-order valence-corrected chi connectivity index (χ2v) is 6.03. The van der Waals surface area contributed by atoms with Gasteiger partial charge in [-0.25, -0.2) is 0 Å². The normalized spacial score (nSPS) is 21.3. The van der Waals surface area contributed by atoms with Crippen molar-refractivity contribution in [2.24, 2.45) is 5.73 Å². The number of anilines is 1. The Morgan fingerprint density at radius 1 is 1.33 bits per heavy atom. The molecule has 1 aromatic carbocycles. The van der Waals surface area contributed by atoms with Crippen LogP contribution in [0.5, 0.6) is 0 Å². The first kappa shape index (κ1) is 12.0. The van der Waals surface area contributed by atoms with E-state index in [1.54, 1.807) is 5.56 Å². The van der Waals surface area contributed by atoms with Crippen molar-refractivity contribution in [3.8, 4) is 0 Å². The van der Waals surface area contributed by atoms with E-state index in [-0.39, 0.29) is 6.04 Å². The van der Waals surface area contributed by atoms with Gasteiger partial charge < -0.3 is 10.6 Å². The van der Waals surface area contributed by atoms with Crippen molar-refractivity contribution < 1.29 is 0 Å². The third-order valence-electron chi connectivity index (χ3n) is 4.40. The molecule has 0 bridgehead atoms. The highest BCUT2D eigenvalue weighted by Gasteiger charge is 2.28. The van der Waals surface area contributed by atoms with Gasteiger partial charge in [0.15, 0.2) is 0 Å². The highest BCUT2D eigenvalue weighted by atomic mass is 15.2. The number of nitrogens with zero attached hydrogens (tertiary/aromatic N) is 1. The van der Waals surface area contributed by atoms with Gasteiger partial charge in [0.2, 0.25) is 0 Å². The molecule has 2 aliphatic rings. The lowest BCUT2D eigenvalue weighted by molar-refractivity contribution is 0.625. The minimum atomic E-state index is 0.260. The van der Waals surface area contributed by atoms with Gasteiger partial charge in [-0.1, -0.05) is 25.0 Å². The van der Waals surface area contributed by atoms with Gasteiger partial charge in [0.05, 0.1) is 0 Å². The van der Waals surface area contributed by atoms with Crippen LogP contribution >= 0.6 is 0 Å². The fourth-order valence-electron chi connectivity index (χ4n) is 3.57. The highest BCUT2D eigenvalue weighted by molar-refractivity contribution is 5.60. The molecular weight excluding hydrogens is 220 g/mol. The summed E-state index contributed by atoms with van der Waals surface area (Å²) in [6.07, 6.45) is 7.83. The Morgan fingerprint density at radius 3 is 2.83 bits per heavy atom. The van der Waals surface area contributed by atoms with Crippen LogP contribution in [0.1, 0.15) is 43.7 Å². The molecule has 1 aromatic rings. The maximum absolute atomic E-state index is 5.89. The molecule has 1 aliphatic carbocycles. The van der Waals surface area contributed by atoms with E-state index in [0.29, 0.717) is 0 Å². The molecule has 1 heterocycles. The zero-order chi connectivity index (χ0) is 12.5. The summed E-state index contributed by atoms with van der Waals surface area (Å²) in [5.41, 5.74) is 10.3. The van der Waals surface area contributed by atoms with E-state index in [1.807, 2.05) is 0 Å². The number of fused-ring (bicyclic) bond motifs is 1. The van der Waals surface area contributed by atoms with E-state index < -0.39 is 0 Å². The van der Waals surface area contributed by atoms with Crippen LogP contribution in [0.4, 0.5) is 5.69 Å². The summed E-state index contributed by atoms with van der Waals surface area (Å²) in [6, 6.07) is 8.06. The van der Waals surface area contributed by atoms with Gasteiger partial charge in [0.1, 0.15) is 0 Å². The number of hydrogen-bond acceptors (Lipinski definition) is 2. The van der Waals surface area contributed by atoms with Gasteiger partial charge in [-0.3, -0.25) is 0 Å². The van der Waals surface area contributed by atoms with E-state index >= 15 is 0 Å². The van der Waals surface area contributed by atoms with Crippen LogP contribution in [0.25, 0.3) is 0 Å². The molecule has 0 saturated heterocycles. The summed E-state index contributed by atoms with van der Waals surface area (Å²) in [5, 5.41) is 0. The van der Waals surface area contributed by atoms with Crippen LogP contribution in [-0.2, 0) is 12.8 Å². The molecule has 1 aliphatic heterocycles. The average Bonchev–Trinajstić information content (AvgIpc) is 2.94. The van der Waals surface area contributed by atoms with Gasteiger partial charge in [-0.2, -0.15) is 0 Å². The van der Waals surface area contributed by atoms with Crippen LogP contribution in [0.15, 0.2) is 18.2 Å². The Hall–Kier alpha value is -1.02. The monoisotopic (exact) mass is 244 g/mol. The van der Waals surface area contributed by atoms with Gasteiger partial charge >= 0.3 is 0 Å². The van der Waals surface area contributed by atoms with Gasteiger partial charge in [-0.05, 0) is 49.8 Å². The average molecular weight is 244 g/mol. The molecule has 2 heteroatoms. The van der Waals surface area contributed by atoms with Crippen LogP contribution in [0.2, 0.25) is 0 Å². The zero-order valence-electron chi connectivity index (χ0n) is 11.4. The molecule has 0 radical (unpaired) electrons. The first-order chi connectivity index (χ1) is 8.74. The molecule has 18 heavy (non-hydrogen) atoms. The first-order valence-corrected chi connectivity index (χ1v) is 7.38. The summed E-state index contributed by atoms with van der Waals surface area (Å²) >= 11 is 0. The maximum Gasteiger partial charge on any atom is 0.0402 e. The Labute approximate surface area is 110 Å². The van der Waals surface area contributed by atoms with Gasteiger partial charge in [-0.15, -0.1) is 0 Å². The molecular formula is C16H24N2. The largest absolute Gasteiger partial charge is 0.368 e. The van der Waals surface area contributed by atoms with Crippen molar-refractivity contribution in [2.45, 2.75) is 57.5 Å². The fourth-order valence-corrected chi connectivity index (χ4v) is 3.57. The second-order valence-electron chi connectivity index (χ2n) is 6.03. The molecule has 1 saturated carbocycles. The van der Waals surface area contributed by atoms with Crippen LogP contribution in [-0.4, -0.2) is 18.6 Å². The number of nitrogens with two attached hydrogens (primary N) is 1. The zero-order valence-corrected chi connectivity index (χ0v) is 11.4. The van der Waals surface area contributed by atoms with E-state index in [4.69, 9.17) is 5.73 Å². The minimum absolute atomic E-state index is 0.260. The molecule has 0 aromatic heterocycles. The molecule has 0 amide bonds. The molecule has 98 valence electrons. The maximum atomic E-state index is 5.89. The van der Waals surface area contributed by atoms with Gasteiger partial charge in [0, 0.05) is 24.3 Å². The van der Waals surface area contributed by atoms with Gasteiger partial charge in [0.25, 0.3) is 0 Å². The van der Waals surface area contributed by atoms with Crippen molar-refractivity contribution in [3.05, 3.63) is 29.3 Å². The molecule has 1 atom stereocenters. The predicted molar refractivity (Wildman–Crippen MR) is 77.1 cm³/mol. The Balaban J connectivity index is 1.80. The Morgan fingerprint density at radius 2 is 2.11 bits per heavy atom. The fraction of sp³-hybridized carbons (Fsp3) is 0.625.